The van der Waals surface area contributed by atoms with Gasteiger partial charge in [-0.25, -0.2) is 0 Å². The molecular weight excluding hydrogens is 378 g/mol. The summed E-state index contributed by atoms with van der Waals surface area (Å²) in [6.45, 7) is 0. The zero-order valence-electron chi connectivity index (χ0n) is 16.1. The van der Waals surface area contributed by atoms with E-state index in [1.54, 1.807) is 0 Å². The van der Waals surface area contributed by atoms with E-state index in [0.29, 0.717) is 16.9 Å². The molecule has 0 aliphatic heterocycles. The molecule has 6 heteroatoms. The molecule has 150 valence electrons. The number of anilines is 2. The Balaban J connectivity index is 1.76. The third kappa shape index (κ3) is 2.73. The standard InChI is InChI=1S/C24H21N3O3/c25-14-2-5-16-12(7-14)1-4-18(16)23(13-8-21(28)24(30)22(29)9-13)19-11-27-20-10-15(26)3-6-17(19)20/h2-11,23,27-30H,1,25-26H2. The van der Waals surface area contributed by atoms with Gasteiger partial charge >= 0.3 is 0 Å². The molecular formula is C24H21N3O3. The Kier molecular flexibility index (Phi) is 3.89. The first-order valence-electron chi connectivity index (χ1n) is 9.62. The molecule has 5 rings (SSSR count). The second-order valence-electron chi connectivity index (χ2n) is 7.67. The van der Waals surface area contributed by atoms with E-state index in [2.05, 4.69) is 11.1 Å². The summed E-state index contributed by atoms with van der Waals surface area (Å²) in [6.07, 6.45) is 4.81. The maximum absolute atomic E-state index is 10.2. The molecule has 8 N–H and O–H groups in total. The van der Waals surface area contributed by atoms with E-state index >= 15 is 0 Å². The molecule has 0 spiro atoms. The van der Waals surface area contributed by atoms with Crippen LogP contribution in [-0.4, -0.2) is 20.3 Å². The number of nitrogen functional groups attached to an aromatic ring is 2. The molecule has 0 saturated heterocycles. The third-order valence-corrected chi connectivity index (χ3v) is 5.77. The van der Waals surface area contributed by atoms with Gasteiger partial charge in [-0.15, -0.1) is 0 Å². The molecule has 0 fully saturated rings. The predicted molar refractivity (Wildman–Crippen MR) is 119 cm³/mol. The van der Waals surface area contributed by atoms with Crippen LogP contribution < -0.4 is 11.5 Å². The van der Waals surface area contributed by atoms with Crippen LogP contribution in [0.4, 0.5) is 11.4 Å². The fourth-order valence-corrected chi connectivity index (χ4v) is 4.39. The molecule has 0 radical (unpaired) electrons. The first-order valence-corrected chi connectivity index (χ1v) is 9.62. The lowest BCUT2D eigenvalue weighted by Crippen LogP contribution is -2.04. The van der Waals surface area contributed by atoms with E-state index in [4.69, 9.17) is 11.5 Å². The summed E-state index contributed by atoms with van der Waals surface area (Å²) in [5.41, 5.74) is 19.1. The second kappa shape index (κ2) is 6.49. The average Bonchev–Trinajstić information content (AvgIpc) is 3.30. The van der Waals surface area contributed by atoms with Crippen molar-refractivity contribution in [2.75, 3.05) is 11.5 Å². The van der Waals surface area contributed by atoms with Gasteiger partial charge in [0.1, 0.15) is 0 Å². The summed E-state index contributed by atoms with van der Waals surface area (Å²) in [5.74, 6) is -1.55. The molecule has 1 aliphatic rings. The Labute approximate surface area is 172 Å². The minimum Gasteiger partial charge on any atom is -0.504 e. The topological polar surface area (TPSA) is 129 Å². The Morgan fingerprint density at radius 1 is 0.867 bits per heavy atom. The fourth-order valence-electron chi connectivity index (χ4n) is 4.39. The Hall–Kier alpha value is -4.06. The summed E-state index contributed by atoms with van der Waals surface area (Å²) >= 11 is 0. The van der Waals surface area contributed by atoms with Gasteiger partial charge in [-0.3, -0.25) is 0 Å². The van der Waals surface area contributed by atoms with Crippen molar-refractivity contribution in [3.63, 3.8) is 0 Å². The van der Waals surface area contributed by atoms with Crippen LogP contribution >= 0.6 is 0 Å². The first kappa shape index (κ1) is 18.0. The van der Waals surface area contributed by atoms with Crippen LogP contribution in [0.2, 0.25) is 0 Å². The molecule has 3 aromatic carbocycles. The highest BCUT2D eigenvalue weighted by Crippen LogP contribution is 2.48. The number of hydrogen-bond donors (Lipinski definition) is 6. The molecule has 4 aromatic rings. The predicted octanol–water partition coefficient (Wildman–Crippen LogP) is 4.22. The van der Waals surface area contributed by atoms with Gasteiger partial charge in [-0.2, -0.15) is 0 Å². The summed E-state index contributed by atoms with van der Waals surface area (Å²) in [6, 6.07) is 14.5. The minimum absolute atomic E-state index is 0.287. The van der Waals surface area contributed by atoms with E-state index in [0.717, 1.165) is 39.6 Å². The van der Waals surface area contributed by atoms with Crippen molar-refractivity contribution in [3.8, 4) is 17.2 Å². The maximum Gasteiger partial charge on any atom is 0.200 e. The molecule has 1 aromatic heterocycles. The lowest BCUT2D eigenvalue weighted by molar-refractivity contribution is 0.367. The van der Waals surface area contributed by atoms with Gasteiger partial charge in [-0.05, 0) is 70.6 Å². The molecule has 1 atom stereocenters. The van der Waals surface area contributed by atoms with Crippen molar-refractivity contribution < 1.29 is 15.3 Å². The highest BCUT2D eigenvalue weighted by Gasteiger charge is 2.29. The summed E-state index contributed by atoms with van der Waals surface area (Å²) < 4.78 is 0. The molecule has 0 bridgehead atoms. The van der Waals surface area contributed by atoms with Crippen LogP contribution in [0.3, 0.4) is 0 Å². The number of H-pyrrole nitrogens is 1. The quantitative estimate of drug-likeness (QED) is 0.227. The number of rotatable bonds is 3. The van der Waals surface area contributed by atoms with Gasteiger partial charge in [-0.1, -0.05) is 18.2 Å². The highest BCUT2D eigenvalue weighted by molar-refractivity contribution is 5.91. The number of aromatic nitrogens is 1. The number of hydrogen-bond acceptors (Lipinski definition) is 5. The molecule has 1 heterocycles. The number of nitrogens with two attached hydrogens (primary N) is 2. The SMILES string of the molecule is Nc1ccc2c(c1)CC=C2C(c1cc(O)c(O)c(O)c1)c1c[nH]c2cc(N)ccc12. The number of benzene rings is 3. The monoisotopic (exact) mass is 399 g/mol. The fraction of sp³-hybridized carbons (Fsp3) is 0.0833. The molecule has 6 nitrogen and oxygen atoms in total. The van der Waals surface area contributed by atoms with Crippen molar-refractivity contribution in [2.24, 2.45) is 0 Å². The van der Waals surface area contributed by atoms with Crippen molar-refractivity contribution in [1.29, 1.82) is 0 Å². The summed E-state index contributed by atoms with van der Waals surface area (Å²) in [4.78, 5) is 3.27. The highest BCUT2D eigenvalue weighted by atomic mass is 16.3. The maximum atomic E-state index is 10.2. The minimum atomic E-state index is -0.530. The van der Waals surface area contributed by atoms with Crippen LogP contribution in [0.15, 0.2) is 60.8 Å². The molecule has 0 amide bonds. The van der Waals surface area contributed by atoms with Gasteiger partial charge in [0.25, 0.3) is 0 Å². The van der Waals surface area contributed by atoms with Crippen LogP contribution in [0.1, 0.15) is 28.2 Å². The van der Waals surface area contributed by atoms with Crippen molar-refractivity contribution in [2.45, 2.75) is 12.3 Å². The van der Waals surface area contributed by atoms with Crippen molar-refractivity contribution >= 4 is 27.9 Å². The number of aromatic amines is 1. The van der Waals surface area contributed by atoms with Crippen LogP contribution in [-0.2, 0) is 6.42 Å². The van der Waals surface area contributed by atoms with Gasteiger partial charge in [0.2, 0.25) is 0 Å². The van der Waals surface area contributed by atoms with Gasteiger partial charge < -0.3 is 31.8 Å². The Bertz CT molecular complexity index is 1310. The van der Waals surface area contributed by atoms with Crippen LogP contribution in [0, 0.1) is 0 Å². The summed E-state index contributed by atoms with van der Waals surface area (Å²) in [7, 11) is 0. The van der Waals surface area contributed by atoms with E-state index in [9.17, 15) is 15.3 Å². The van der Waals surface area contributed by atoms with Gasteiger partial charge in [0.15, 0.2) is 17.2 Å². The van der Waals surface area contributed by atoms with E-state index < -0.39 is 5.75 Å². The van der Waals surface area contributed by atoms with E-state index in [1.165, 1.54) is 12.1 Å². The van der Waals surface area contributed by atoms with Gasteiger partial charge in [0.05, 0.1) is 0 Å². The van der Waals surface area contributed by atoms with Crippen LogP contribution in [0.25, 0.3) is 16.5 Å². The van der Waals surface area contributed by atoms with Crippen molar-refractivity contribution in [3.05, 3.63) is 83.1 Å². The Morgan fingerprint density at radius 2 is 1.57 bits per heavy atom. The molecule has 30 heavy (non-hydrogen) atoms. The lowest BCUT2D eigenvalue weighted by Gasteiger charge is -2.21. The molecule has 0 saturated carbocycles. The largest absolute Gasteiger partial charge is 0.504 e. The zero-order chi connectivity index (χ0) is 21.0. The Morgan fingerprint density at radius 3 is 2.33 bits per heavy atom. The van der Waals surface area contributed by atoms with E-state index in [-0.39, 0.29) is 17.4 Å². The number of fused-ring (bicyclic) bond motifs is 2. The summed E-state index contributed by atoms with van der Waals surface area (Å²) in [5, 5.41) is 31.2. The lowest BCUT2D eigenvalue weighted by atomic mass is 9.82. The zero-order valence-corrected chi connectivity index (χ0v) is 16.1. The number of nitrogens with one attached hydrogen (secondary N) is 1. The first-order chi connectivity index (χ1) is 14.4. The number of phenolic OH excluding ortho intramolecular Hbond substituents is 3. The average molecular weight is 399 g/mol. The number of phenols is 3. The van der Waals surface area contributed by atoms with Crippen LogP contribution in [0.5, 0.6) is 17.2 Å². The van der Waals surface area contributed by atoms with E-state index in [1.807, 2.05) is 42.6 Å². The third-order valence-electron chi connectivity index (χ3n) is 5.77. The molecule has 1 aliphatic carbocycles. The molecule has 1 unspecified atom stereocenters. The normalized spacial score (nSPS) is 13.9. The van der Waals surface area contributed by atoms with Crippen molar-refractivity contribution in [1.82, 2.24) is 4.98 Å². The second-order valence-corrected chi connectivity index (χ2v) is 7.67. The smallest absolute Gasteiger partial charge is 0.200 e. The number of allylic oxidation sites excluding steroid dienone is 2. The van der Waals surface area contributed by atoms with Gasteiger partial charge in [0, 0.05) is 34.4 Å². The number of aromatic hydroxyl groups is 3.